The van der Waals surface area contributed by atoms with Crippen LogP contribution in [0.2, 0.25) is 0 Å². The molecule has 0 aromatic heterocycles. The number of carbonyl (C=O) groups excluding carboxylic acids is 1. The molecule has 74 valence electrons. The molecule has 0 spiro atoms. The Bertz CT molecular complexity index is 228. The zero-order chi connectivity index (χ0) is 10.3. The van der Waals surface area contributed by atoms with Crippen molar-refractivity contribution in [3.05, 3.63) is 0 Å². The maximum absolute atomic E-state index is 10.8. The van der Waals surface area contributed by atoms with E-state index in [0.29, 0.717) is 10.8 Å². The van der Waals surface area contributed by atoms with Gasteiger partial charge in [0.05, 0.1) is 13.5 Å². The molecule has 0 amide bonds. The molecule has 13 heavy (non-hydrogen) atoms. The summed E-state index contributed by atoms with van der Waals surface area (Å²) < 4.78 is 4.46. The Morgan fingerprint density at radius 3 is 2.69 bits per heavy atom. The highest BCUT2D eigenvalue weighted by molar-refractivity contribution is 7.80. The van der Waals surface area contributed by atoms with Gasteiger partial charge < -0.3 is 10.1 Å². The SMILES string of the molecule is CNC(=S)N/N=C(\C)CC(=O)OC. The van der Waals surface area contributed by atoms with E-state index in [1.165, 1.54) is 7.11 Å². The molecule has 0 aromatic carbocycles. The van der Waals surface area contributed by atoms with Crippen LogP contribution in [0.25, 0.3) is 0 Å². The third-order valence-corrected chi connectivity index (χ3v) is 1.50. The molecule has 0 aliphatic heterocycles. The predicted molar refractivity (Wildman–Crippen MR) is 54.5 cm³/mol. The molecule has 0 aromatic rings. The molecule has 0 saturated carbocycles. The lowest BCUT2D eigenvalue weighted by atomic mass is 10.3. The number of methoxy groups -OCH3 is 1. The van der Waals surface area contributed by atoms with E-state index in [9.17, 15) is 4.79 Å². The Morgan fingerprint density at radius 1 is 1.62 bits per heavy atom. The van der Waals surface area contributed by atoms with Gasteiger partial charge in [-0.1, -0.05) is 0 Å². The number of nitrogens with one attached hydrogen (secondary N) is 2. The summed E-state index contributed by atoms with van der Waals surface area (Å²) in [5.41, 5.74) is 3.18. The summed E-state index contributed by atoms with van der Waals surface area (Å²) in [6.45, 7) is 1.71. The van der Waals surface area contributed by atoms with E-state index < -0.39 is 0 Å². The number of hydrogen-bond acceptors (Lipinski definition) is 4. The molecule has 0 aliphatic rings. The first-order chi connectivity index (χ1) is 6.10. The zero-order valence-corrected chi connectivity index (χ0v) is 8.70. The Hall–Kier alpha value is -1.17. The fraction of sp³-hybridized carbons (Fsp3) is 0.571. The Morgan fingerprint density at radius 2 is 2.23 bits per heavy atom. The molecule has 0 bridgehead atoms. The molecule has 0 rings (SSSR count). The molecular formula is C7H13N3O2S. The molecule has 6 heteroatoms. The lowest BCUT2D eigenvalue weighted by molar-refractivity contribution is -0.139. The van der Waals surface area contributed by atoms with Gasteiger partial charge in [0.25, 0.3) is 0 Å². The van der Waals surface area contributed by atoms with E-state index in [0.717, 1.165) is 0 Å². The van der Waals surface area contributed by atoms with Gasteiger partial charge in [-0.15, -0.1) is 0 Å². The summed E-state index contributed by atoms with van der Waals surface area (Å²) in [7, 11) is 3.02. The summed E-state index contributed by atoms with van der Waals surface area (Å²) >= 11 is 4.77. The van der Waals surface area contributed by atoms with E-state index >= 15 is 0 Å². The van der Waals surface area contributed by atoms with Gasteiger partial charge in [0.1, 0.15) is 0 Å². The van der Waals surface area contributed by atoms with Gasteiger partial charge in [-0.3, -0.25) is 10.2 Å². The number of hydrogen-bond donors (Lipinski definition) is 2. The van der Waals surface area contributed by atoms with Crippen LogP contribution in [0.15, 0.2) is 5.10 Å². The van der Waals surface area contributed by atoms with Gasteiger partial charge in [-0.2, -0.15) is 5.10 Å². The molecule has 0 saturated heterocycles. The molecule has 2 N–H and O–H groups in total. The summed E-state index contributed by atoms with van der Waals surface area (Å²) in [4.78, 5) is 10.8. The van der Waals surface area contributed by atoms with E-state index in [-0.39, 0.29) is 12.4 Å². The monoisotopic (exact) mass is 203 g/mol. The molecule has 0 atom stereocenters. The normalized spacial score (nSPS) is 10.5. The fourth-order valence-electron chi connectivity index (χ4n) is 0.523. The van der Waals surface area contributed by atoms with Gasteiger partial charge in [0, 0.05) is 12.8 Å². The van der Waals surface area contributed by atoms with Gasteiger partial charge in [0.15, 0.2) is 5.11 Å². The number of carbonyl (C=O) groups is 1. The molecule has 0 heterocycles. The molecular weight excluding hydrogens is 190 g/mol. The van der Waals surface area contributed by atoms with Crippen molar-refractivity contribution in [2.45, 2.75) is 13.3 Å². The number of rotatable bonds is 3. The van der Waals surface area contributed by atoms with Crippen molar-refractivity contribution in [1.82, 2.24) is 10.7 Å². The Balaban J connectivity index is 3.88. The van der Waals surface area contributed by atoms with E-state index in [1.807, 2.05) is 0 Å². The topological polar surface area (TPSA) is 62.7 Å². The molecule has 0 aliphatic carbocycles. The third-order valence-electron chi connectivity index (χ3n) is 1.20. The number of ether oxygens (including phenoxy) is 1. The number of hydrazone groups is 1. The minimum Gasteiger partial charge on any atom is -0.469 e. The van der Waals surface area contributed by atoms with Crippen molar-refractivity contribution < 1.29 is 9.53 Å². The van der Waals surface area contributed by atoms with Crippen molar-refractivity contribution in [2.75, 3.05) is 14.2 Å². The third kappa shape index (κ3) is 6.03. The highest BCUT2D eigenvalue weighted by Crippen LogP contribution is 1.87. The highest BCUT2D eigenvalue weighted by atomic mass is 32.1. The molecule has 0 unspecified atom stereocenters. The zero-order valence-electron chi connectivity index (χ0n) is 7.88. The van der Waals surface area contributed by atoms with Gasteiger partial charge >= 0.3 is 5.97 Å². The van der Waals surface area contributed by atoms with Crippen molar-refractivity contribution >= 4 is 29.0 Å². The first-order valence-corrected chi connectivity index (χ1v) is 4.08. The summed E-state index contributed by atoms with van der Waals surface area (Å²) in [5, 5.41) is 6.94. The van der Waals surface area contributed by atoms with Gasteiger partial charge in [-0.25, -0.2) is 0 Å². The van der Waals surface area contributed by atoms with E-state index in [4.69, 9.17) is 12.2 Å². The van der Waals surface area contributed by atoms with Crippen LogP contribution in [0.1, 0.15) is 13.3 Å². The van der Waals surface area contributed by atoms with Crippen LogP contribution in [-0.2, 0) is 9.53 Å². The molecule has 0 fully saturated rings. The fourth-order valence-corrected chi connectivity index (χ4v) is 0.568. The minimum atomic E-state index is -0.321. The Kier molecular flexibility index (Phi) is 5.79. The second kappa shape index (κ2) is 6.36. The number of esters is 1. The van der Waals surface area contributed by atoms with Crippen molar-refractivity contribution in [2.24, 2.45) is 5.10 Å². The average molecular weight is 203 g/mol. The van der Waals surface area contributed by atoms with Crippen molar-refractivity contribution in [1.29, 1.82) is 0 Å². The largest absolute Gasteiger partial charge is 0.469 e. The highest BCUT2D eigenvalue weighted by Gasteiger charge is 2.02. The molecule has 0 radical (unpaired) electrons. The van der Waals surface area contributed by atoms with Crippen LogP contribution in [0.4, 0.5) is 0 Å². The van der Waals surface area contributed by atoms with E-state index in [2.05, 4.69) is 20.6 Å². The first kappa shape index (κ1) is 11.8. The average Bonchev–Trinajstić information content (AvgIpc) is 2.13. The van der Waals surface area contributed by atoms with Gasteiger partial charge in [0.2, 0.25) is 0 Å². The predicted octanol–water partition coefficient (Wildman–Crippen LogP) is 0.0193. The van der Waals surface area contributed by atoms with Crippen molar-refractivity contribution in [3.8, 4) is 0 Å². The van der Waals surface area contributed by atoms with Crippen LogP contribution < -0.4 is 10.7 Å². The van der Waals surface area contributed by atoms with Crippen LogP contribution >= 0.6 is 12.2 Å². The summed E-state index contributed by atoms with van der Waals surface area (Å²) in [6, 6.07) is 0. The second-order valence-corrected chi connectivity index (χ2v) is 2.70. The molecule has 5 nitrogen and oxygen atoms in total. The number of thiocarbonyl (C=S) groups is 1. The lowest BCUT2D eigenvalue weighted by Crippen LogP contribution is -2.29. The van der Waals surface area contributed by atoms with Crippen LogP contribution in [-0.4, -0.2) is 31.0 Å². The minimum absolute atomic E-state index is 0.163. The quantitative estimate of drug-likeness (QED) is 0.293. The van der Waals surface area contributed by atoms with E-state index in [1.54, 1.807) is 14.0 Å². The van der Waals surface area contributed by atoms with Crippen LogP contribution in [0.3, 0.4) is 0 Å². The maximum Gasteiger partial charge on any atom is 0.311 e. The lowest BCUT2D eigenvalue weighted by Gasteiger charge is -2.02. The Labute approximate surface area is 82.5 Å². The number of nitrogens with zero attached hydrogens (tertiary/aromatic N) is 1. The van der Waals surface area contributed by atoms with Gasteiger partial charge in [-0.05, 0) is 19.1 Å². The summed E-state index contributed by atoms with van der Waals surface area (Å²) in [6.07, 6.45) is 0.163. The second-order valence-electron chi connectivity index (χ2n) is 2.29. The smallest absolute Gasteiger partial charge is 0.311 e. The van der Waals surface area contributed by atoms with Crippen LogP contribution in [0, 0.1) is 0 Å². The maximum atomic E-state index is 10.8. The standard InChI is InChI=1S/C7H13N3O2S/c1-5(4-6(11)12-3)9-10-7(13)8-2/h4H2,1-3H3,(H2,8,10,13)/b9-5+. The first-order valence-electron chi connectivity index (χ1n) is 3.67. The van der Waals surface area contributed by atoms with Crippen LogP contribution in [0.5, 0.6) is 0 Å². The van der Waals surface area contributed by atoms with Crippen molar-refractivity contribution in [3.63, 3.8) is 0 Å². The summed E-state index contributed by atoms with van der Waals surface area (Å²) in [5.74, 6) is -0.321.